The van der Waals surface area contributed by atoms with Gasteiger partial charge in [-0.3, -0.25) is 10.2 Å². The first-order valence-electron chi connectivity index (χ1n) is 11.4. The van der Waals surface area contributed by atoms with E-state index in [0.29, 0.717) is 56.6 Å². The molecule has 190 valence electrons. The van der Waals surface area contributed by atoms with Crippen molar-refractivity contribution in [3.63, 3.8) is 0 Å². The predicted octanol–water partition coefficient (Wildman–Crippen LogP) is 2.99. The molecule has 2 N–H and O–H groups in total. The number of amides is 1. The number of nitrogens with zero attached hydrogens (tertiary/aromatic N) is 3. The van der Waals surface area contributed by atoms with Crippen LogP contribution in [0.5, 0.6) is 0 Å². The van der Waals surface area contributed by atoms with E-state index < -0.39 is 30.1 Å². The number of carbonyl (C=O) groups is 1. The number of carbonyl (C=O) groups excluding carboxylic acids is 1. The molecular weight excluding hydrogens is 467 g/mol. The Morgan fingerprint density at radius 1 is 1.14 bits per heavy atom. The highest BCUT2D eigenvalue weighted by Gasteiger charge is 2.30. The molecule has 4 rings (SSSR count). The third kappa shape index (κ3) is 6.07. The quantitative estimate of drug-likeness (QED) is 0.577. The Balaban J connectivity index is 1.62. The van der Waals surface area contributed by atoms with Crippen molar-refractivity contribution in [2.75, 3.05) is 44.8 Å². The Kier molecular flexibility index (Phi) is 8.16. The Morgan fingerprint density at radius 2 is 1.83 bits per heavy atom. The lowest BCUT2D eigenvalue weighted by Gasteiger charge is -2.27. The molecule has 1 amide bonds. The van der Waals surface area contributed by atoms with E-state index in [-0.39, 0.29) is 23.7 Å². The molecule has 1 atom stereocenters. The number of halogens is 3. The molecule has 1 aromatic heterocycles. The van der Waals surface area contributed by atoms with Gasteiger partial charge in [0.1, 0.15) is 17.5 Å². The number of hydrogen-bond donors (Lipinski definition) is 2. The molecule has 2 aliphatic rings. The van der Waals surface area contributed by atoms with Crippen LogP contribution in [-0.4, -0.2) is 60.4 Å². The standard InChI is InChI=1S/C23H28F3N5O4/c1-13(15-4-3-5-16(20(15)24)21(25)26)27-22-19(23-34-10-11-35-23)17(28-14(2)29-22)12-18(32)30-31-6-8-33-9-7-31/h3-5,13,21,23H,6-12H2,1-2H3,(H,30,32)(H,27,28,29)/t13-/m1/s1. The number of nitrogens with one attached hydrogen (secondary N) is 2. The summed E-state index contributed by atoms with van der Waals surface area (Å²) in [6, 6.07) is 3.15. The molecule has 9 nitrogen and oxygen atoms in total. The van der Waals surface area contributed by atoms with Crippen molar-refractivity contribution in [2.24, 2.45) is 0 Å². The third-order valence-corrected chi connectivity index (χ3v) is 5.73. The molecule has 3 heterocycles. The Labute approximate surface area is 200 Å². The van der Waals surface area contributed by atoms with E-state index in [1.54, 1.807) is 18.9 Å². The Bertz CT molecular complexity index is 1050. The molecule has 0 aliphatic carbocycles. The summed E-state index contributed by atoms with van der Waals surface area (Å²) in [7, 11) is 0. The van der Waals surface area contributed by atoms with Gasteiger partial charge in [-0.15, -0.1) is 0 Å². The van der Waals surface area contributed by atoms with Gasteiger partial charge in [0.2, 0.25) is 5.91 Å². The topological polar surface area (TPSA) is 97.8 Å². The average molecular weight is 496 g/mol. The molecule has 1 aromatic carbocycles. The van der Waals surface area contributed by atoms with Gasteiger partial charge in [0.15, 0.2) is 6.29 Å². The number of benzene rings is 1. The summed E-state index contributed by atoms with van der Waals surface area (Å²) in [5.74, 6) is -0.599. The zero-order valence-corrected chi connectivity index (χ0v) is 19.5. The van der Waals surface area contributed by atoms with Crippen molar-refractivity contribution < 1.29 is 32.2 Å². The molecule has 12 heteroatoms. The first-order valence-corrected chi connectivity index (χ1v) is 11.4. The first-order chi connectivity index (χ1) is 16.8. The summed E-state index contributed by atoms with van der Waals surface area (Å²) >= 11 is 0. The molecule has 2 aromatic rings. The molecule has 0 saturated carbocycles. The van der Waals surface area contributed by atoms with E-state index in [0.717, 1.165) is 6.07 Å². The van der Waals surface area contributed by atoms with Gasteiger partial charge in [-0.1, -0.05) is 18.2 Å². The van der Waals surface area contributed by atoms with Gasteiger partial charge < -0.3 is 19.5 Å². The normalized spacial score (nSPS) is 18.1. The summed E-state index contributed by atoms with van der Waals surface area (Å²) in [4.78, 5) is 21.7. The van der Waals surface area contributed by atoms with Crippen molar-refractivity contribution in [1.82, 2.24) is 20.4 Å². The van der Waals surface area contributed by atoms with Crippen LogP contribution in [0, 0.1) is 12.7 Å². The van der Waals surface area contributed by atoms with Crippen LogP contribution in [0.1, 0.15) is 53.9 Å². The van der Waals surface area contributed by atoms with E-state index >= 15 is 0 Å². The molecular formula is C23H28F3N5O4. The van der Waals surface area contributed by atoms with Gasteiger partial charge in [-0.25, -0.2) is 28.1 Å². The van der Waals surface area contributed by atoms with Crippen LogP contribution in [0.25, 0.3) is 0 Å². The van der Waals surface area contributed by atoms with Crippen molar-refractivity contribution in [1.29, 1.82) is 0 Å². The highest BCUT2D eigenvalue weighted by molar-refractivity contribution is 5.78. The molecule has 0 bridgehead atoms. The number of ether oxygens (including phenoxy) is 3. The zero-order valence-electron chi connectivity index (χ0n) is 19.5. The largest absolute Gasteiger partial charge is 0.379 e. The SMILES string of the molecule is Cc1nc(CC(=O)NN2CCOCC2)c(C2OCCO2)c(N[C@H](C)c2cccc(C(F)F)c2F)n1. The molecule has 0 unspecified atom stereocenters. The van der Waals surface area contributed by atoms with Crippen LogP contribution in [-0.2, 0) is 25.4 Å². The van der Waals surface area contributed by atoms with Crippen molar-refractivity contribution in [3.8, 4) is 0 Å². The van der Waals surface area contributed by atoms with Crippen molar-refractivity contribution in [2.45, 2.75) is 39.0 Å². The number of hydrogen-bond acceptors (Lipinski definition) is 8. The van der Waals surface area contributed by atoms with Gasteiger partial charge in [-0.05, 0) is 13.8 Å². The monoisotopic (exact) mass is 495 g/mol. The Hall–Kier alpha value is -2.80. The van der Waals surface area contributed by atoms with Crippen molar-refractivity contribution in [3.05, 3.63) is 52.2 Å². The number of aromatic nitrogens is 2. The first kappa shape index (κ1) is 25.3. The lowest BCUT2D eigenvalue weighted by molar-refractivity contribution is -0.127. The van der Waals surface area contributed by atoms with E-state index in [1.807, 2.05) is 0 Å². The number of rotatable bonds is 8. The summed E-state index contributed by atoms with van der Waals surface area (Å²) in [5.41, 5.74) is 3.05. The maximum atomic E-state index is 14.8. The van der Waals surface area contributed by atoms with Gasteiger partial charge in [0.25, 0.3) is 6.43 Å². The highest BCUT2D eigenvalue weighted by Crippen LogP contribution is 2.34. The summed E-state index contributed by atoms with van der Waals surface area (Å²) in [6.07, 6.45) is -3.83. The molecule has 2 fully saturated rings. The minimum atomic E-state index is -2.93. The average Bonchev–Trinajstić information content (AvgIpc) is 3.33. The van der Waals surface area contributed by atoms with Gasteiger partial charge in [-0.2, -0.15) is 0 Å². The smallest absolute Gasteiger partial charge is 0.266 e. The fourth-order valence-electron chi connectivity index (χ4n) is 4.05. The number of hydrazine groups is 1. The lowest BCUT2D eigenvalue weighted by atomic mass is 10.0. The summed E-state index contributed by atoms with van der Waals surface area (Å²) < 4.78 is 57.8. The van der Waals surface area contributed by atoms with Crippen LogP contribution in [0.3, 0.4) is 0 Å². The van der Waals surface area contributed by atoms with Gasteiger partial charge in [0.05, 0.1) is 55.7 Å². The molecule has 2 aliphatic heterocycles. The fourth-order valence-corrected chi connectivity index (χ4v) is 4.05. The highest BCUT2D eigenvalue weighted by atomic mass is 19.3. The van der Waals surface area contributed by atoms with E-state index in [2.05, 4.69) is 20.7 Å². The maximum absolute atomic E-state index is 14.8. The summed E-state index contributed by atoms with van der Waals surface area (Å²) in [6.45, 7) is 6.19. The van der Waals surface area contributed by atoms with Crippen LogP contribution in [0.2, 0.25) is 0 Å². The number of anilines is 1. The number of alkyl halides is 2. The maximum Gasteiger partial charge on any atom is 0.266 e. The summed E-state index contributed by atoms with van der Waals surface area (Å²) in [5, 5.41) is 4.87. The Morgan fingerprint density at radius 3 is 2.51 bits per heavy atom. The minimum Gasteiger partial charge on any atom is -0.379 e. The zero-order chi connectivity index (χ0) is 24.9. The van der Waals surface area contributed by atoms with E-state index in [9.17, 15) is 18.0 Å². The van der Waals surface area contributed by atoms with Crippen LogP contribution < -0.4 is 10.7 Å². The second kappa shape index (κ2) is 11.3. The van der Waals surface area contributed by atoms with E-state index in [4.69, 9.17) is 14.2 Å². The third-order valence-electron chi connectivity index (χ3n) is 5.73. The van der Waals surface area contributed by atoms with Gasteiger partial charge in [0, 0.05) is 18.7 Å². The predicted molar refractivity (Wildman–Crippen MR) is 119 cm³/mol. The molecule has 0 spiro atoms. The van der Waals surface area contributed by atoms with Crippen molar-refractivity contribution >= 4 is 11.7 Å². The molecule has 2 saturated heterocycles. The van der Waals surface area contributed by atoms with Crippen LogP contribution in [0.4, 0.5) is 19.0 Å². The second-order valence-electron chi connectivity index (χ2n) is 8.28. The number of aryl methyl sites for hydroxylation is 1. The molecule has 0 radical (unpaired) electrons. The van der Waals surface area contributed by atoms with Crippen LogP contribution in [0.15, 0.2) is 18.2 Å². The molecule has 35 heavy (non-hydrogen) atoms. The fraction of sp³-hybridized carbons (Fsp3) is 0.522. The van der Waals surface area contributed by atoms with E-state index in [1.165, 1.54) is 12.1 Å². The second-order valence-corrected chi connectivity index (χ2v) is 8.28. The van der Waals surface area contributed by atoms with Crippen LogP contribution >= 0.6 is 0 Å². The number of morpholine rings is 1. The van der Waals surface area contributed by atoms with Gasteiger partial charge >= 0.3 is 0 Å². The lowest BCUT2D eigenvalue weighted by Crippen LogP contribution is -2.49. The minimum absolute atomic E-state index is 0.0601.